The summed E-state index contributed by atoms with van der Waals surface area (Å²) in [5.41, 5.74) is 6.55. The Balaban J connectivity index is 1.82. The number of halogens is 1. The molecule has 1 aromatic carbocycles. The molecule has 8 heteroatoms. The third-order valence-corrected chi connectivity index (χ3v) is 6.29. The van der Waals surface area contributed by atoms with E-state index in [4.69, 9.17) is 5.73 Å². The third kappa shape index (κ3) is 6.12. The van der Waals surface area contributed by atoms with Crippen molar-refractivity contribution in [3.8, 4) is 0 Å². The molecule has 2 unspecified atom stereocenters. The number of nitrogens with one attached hydrogen (secondary N) is 1. The first-order valence-electron chi connectivity index (χ1n) is 10.7. The molecule has 2 amide bonds. The Labute approximate surface area is 187 Å². The van der Waals surface area contributed by atoms with Gasteiger partial charge in [-0.2, -0.15) is 0 Å². The Morgan fingerprint density at radius 1 is 1.29 bits per heavy atom. The van der Waals surface area contributed by atoms with Gasteiger partial charge in [-0.05, 0) is 41.5 Å². The number of hydrogen-bond donors (Lipinski definition) is 2. The van der Waals surface area contributed by atoms with E-state index in [0.29, 0.717) is 43.4 Å². The molecule has 31 heavy (non-hydrogen) atoms. The van der Waals surface area contributed by atoms with Gasteiger partial charge in [-0.1, -0.05) is 32.0 Å². The maximum Gasteiger partial charge on any atom is 0.264 e. The molecule has 168 valence electrons. The molecule has 1 aliphatic heterocycles. The first kappa shape index (κ1) is 23.4. The van der Waals surface area contributed by atoms with Gasteiger partial charge >= 0.3 is 0 Å². The number of benzene rings is 1. The highest BCUT2D eigenvalue weighted by molar-refractivity contribution is 7.12. The Bertz CT molecular complexity index is 857. The summed E-state index contributed by atoms with van der Waals surface area (Å²) < 4.78 is 13.3. The Morgan fingerprint density at radius 3 is 2.65 bits per heavy atom. The van der Waals surface area contributed by atoms with Gasteiger partial charge in [0.25, 0.3) is 5.91 Å². The topological polar surface area (TPSA) is 78.7 Å². The smallest absolute Gasteiger partial charge is 0.264 e. The van der Waals surface area contributed by atoms with Crippen LogP contribution in [0.5, 0.6) is 0 Å². The maximum atomic E-state index is 13.3. The Kier molecular flexibility index (Phi) is 8.17. The summed E-state index contributed by atoms with van der Waals surface area (Å²) in [5.74, 6) is -0.128. The molecule has 1 fully saturated rings. The standard InChI is InChI=1S/C23H31FN4O2S/c1-16(2)13-27(14-17-5-7-18(24)8-6-17)19-12-20(22(29)26-10-9-25)28(15-19)23(30)21-4-3-11-31-21/h3-8,11,16,19-20H,9-10,12-15,25H2,1-2H3,(H,26,29). The fourth-order valence-electron chi connectivity index (χ4n) is 4.04. The minimum absolute atomic E-state index is 0.0324. The number of amides is 2. The molecule has 2 aromatic rings. The second-order valence-corrected chi connectivity index (χ2v) is 9.32. The zero-order valence-corrected chi connectivity index (χ0v) is 18.9. The number of nitrogens with zero attached hydrogens (tertiary/aromatic N) is 2. The maximum absolute atomic E-state index is 13.3. The monoisotopic (exact) mass is 446 g/mol. The van der Waals surface area contributed by atoms with E-state index in [1.807, 2.05) is 11.4 Å². The molecule has 2 atom stereocenters. The molecule has 1 aromatic heterocycles. The van der Waals surface area contributed by atoms with Crippen LogP contribution in [0.1, 0.15) is 35.5 Å². The van der Waals surface area contributed by atoms with Gasteiger partial charge < -0.3 is 16.0 Å². The van der Waals surface area contributed by atoms with Gasteiger partial charge in [-0.25, -0.2) is 4.39 Å². The van der Waals surface area contributed by atoms with Crippen LogP contribution in [-0.4, -0.2) is 59.9 Å². The summed E-state index contributed by atoms with van der Waals surface area (Å²) in [6.45, 7) is 6.96. The summed E-state index contributed by atoms with van der Waals surface area (Å²) >= 11 is 1.38. The summed E-state index contributed by atoms with van der Waals surface area (Å²) in [7, 11) is 0. The first-order chi connectivity index (χ1) is 14.9. The summed E-state index contributed by atoms with van der Waals surface area (Å²) in [4.78, 5) is 30.6. The van der Waals surface area contributed by atoms with E-state index in [2.05, 4.69) is 24.1 Å². The third-order valence-electron chi connectivity index (χ3n) is 5.43. The van der Waals surface area contributed by atoms with E-state index in [9.17, 15) is 14.0 Å². The highest BCUT2D eigenvalue weighted by Crippen LogP contribution is 2.27. The predicted molar refractivity (Wildman–Crippen MR) is 121 cm³/mol. The van der Waals surface area contributed by atoms with Crippen LogP contribution in [0.25, 0.3) is 0 Å². The number of carbonyl (C=O) groups excluding carboxylic acids is 2. The summed E-state index contributed by atoms with van der Waals surface area (Å²) in [5, 5.41) is 4.71. The molecule has 0 aliphatic carbocycles. The van der Waals surface area contributed by atoms with Crippen LogP contribution in [0.15, 0.2) is 41.8 Å². The molecule has 0 spiro atoms. The number of carbonyl (C=O) groups is 2. The summed E-state index contributed by atoms with van der Waals surface area (Å²) in [6, 6.07) is 9.64. The lowest BCUT2D eigenvalue weighted by Gasteiger charge is -2.30. The molecule has 2 heterocycles. The number of rotatable bonds is 9. The van der Waals surface area contributed by atoms with Gasteiger partial charge in [-0.15, -0.1) is 11.3 Å². The van der Waals surface area contributed by atoms with Crippen molar-refractivity contribution in [1.29, 1.82) is 0 Å². The average molecular weight is 447 g/mol. The van der Waals surface area contributed by atoms with Crippen molar-refractivity contribution in [3.05, 3.63) is 58.0 Å². The van der Waals surface area contributed by atoms with Crippen LogP contribution in [0.4, 0.5) is 4.39 Å². The van der Waals surface area contributed by atoms with Gasteiger partial charge in [0, 0.05) is 38.8 Å². The average Bonchev–Trinajstić information content (AvgIpc) is 3.42. The predicted octanol–water partition coefficient (Wildman–Crippen LogP) is 2.70. The Morgan fingerprint density at radius 2 is 2.03 bits per heavy atom. The van der Waals surface area contributed by atoms with Crippen LogP contribution in [0.3, 0.4) is 0 Å². The van der Waals surface area contributed by atoms with E-state index >= 15 is 0 Å². The molecule has 1 aliphatic rings. The van der Waals surface area contributed by atoms with Crippen molar-refractivity contribution in [2.75, 3.05) is 26.2 Å². The summed E-state index contributed by atoms with van der Waals surface area (Å²) in [6.07, 6.45) is 0.557. The molecule has 0 radical (unpaired) electrons. The van der Waals surface area contributed by atoms with Crippen molar-refractivity contribution in [2.45, 2.75) is 38.9 Å². The van der Waals surface area contributed by atoms with Crippen molar-refractivity contribution in [3.63, 3.8) is 0 Å². The molecular weight excluding hydrogens is 415 g/mol. The van der Waals surface area contributed by atoms with E-state index in [1.54, 1.807) is 23.1 Å². The number of likely N-dealkylation sites (tertiary alicyclic amines) is 1. The lowest BCUT2D eigenvalue weighted by Crippen LogP contribution is -2.46. The molecule has 1 saturated heterocycles. The van der Waals surface area contributed by atoms with Gasteiger partial charge in [0.1, 0.15) is 11.9 Å². The van der Waals surface area contributed by atoms with E-state index in [0.717, 1.165) is 12.1 Å². The van der Waals surface area contributed by atoms with E-state index < -0.39 is 6.04 Å². The lowest BCUT2D eigenvalue weighted by atomic mass is 10.1. The molecule has 3 N–H and O–H groups in total. The zero-order chi connectivity index (χ0) is 22.4. The molecule has 3 rings (SSSR count). The van der Waals surface area contributed by atoms with Crippen molar-refractivity contribution >= 4 is 23.2 Å². The highest BCUT2D eigenvalue weighted by atomic mass is 32.1. The Hall–Kier alpha value is -2.29. The van der Waals surface area contributed by atoms with Crippen molar-refractivity contribution < 1.29 is 14.0 Å². The molecule has 0 bridgehead atoms. The lowest BCUT2D eigenvalue weighted by molar-refractivity contribution is -0.124. The quantitative estimate of drug-likeness (QED) is 0.621. The van der Waals surface area contributed by atoms with Crippen molar-refractivity contribution in [2.24, 2.45) is 11.7 Å². The minimum atomic E-state index is -0.533. The fraction of sp³-hybridized carbons (Fsp3) is 0.478. The van der Waals surface area contributed by atoms with Gasteiger partial charge in [-0.3, -0.25) is 14.5 Å². The number of nitrogens with two attached hydrogens (primary N) is 1. The zero-order valence-electron chi connectivity index (χ0n) is 18.1. The van der Waals surface area contributed by atoms with Crippen LogP contribution in [0.2, 0.25) is 0 Å². The molecular formula is C23H31FN4O2S. The SMILES string of the molecule is CC(C)CN(Cc1ccc(F)cc1)C1CC(C(=O)NCCN)N(C(=O)c2cccs2)C1. The fourth-order valence-corrected chi connectivity index (χ4v) is 4.72. The number of thiophene rings is 1. The van der Waals surface area contributed by atoms with E-state index in [1.165, 1.54) is 23.5 Å². The van der Waals surface area contributed by atoms with Crippen molar-refractivity contribution in [1.82, 2.24) is 15.1 Å². The van der Waals surface area contributed by atoms with Crippen LogP contribution < -0.4 is 11.1 Å². The van der Waals surface area contributed by atoms with Crippen LogP contribution in [0, 0.1) is 11.7 Å². The number of hydrogen-bond acceptors (Lipinski definition) is 5. The van der Waals surface area contributed by atoms with Crippen LogP contribution >= 0.6 is 11.3 Å². The van der Waals surface area contributed by atoms with Gasteiger partial charge in [0.05, 0.1) is 4.88 Å². The highest BCUT2D eigenvalue weighted by Gasteiger charge is 2.42. The van der Waals surface area contributed by atoms with E-state index in [-0.39, 0.29) is 23.7 Å². The molecule has 0 saturated carbocycles. The normalized spacial score (nSPS) is 18.7. The minimum Gasteiger partial charge on any atom is -0.353 e. The first-order valence-corrected chi connectivity index (χ1v) is 11.6. The van der Waals surface area contributed by atoms with Gasteiger partial charge in [0.15, 0.2) is 0 Å². The van der Waals surface area contributed by atoms with Crippen LogP contribution in [-0.2, 0) is 11.3 Å². The second-order valence-electron chi connectivity index (χ2n) is 8.37. The van der Waals surface area contributed by atoms with Gasteiger partial charge in [0.2, 0.25) is 5.91 Å². The molecule has 6 nitrogen and oxygen atoms in total. The second kappa shape index (κ2) is 10.8. The largest absolute Gasteiger partial charge is 0.353 e.